The van der Waals surface area contributed by atoms with Crippen LogP contribution in [-0.4, -0.2) is 53.9 Å². The molecule has 0 aliphatic carbocycles. The number of hydrogen-bond acceptors (Lipinski definition) is 6. The van der Waals surface area contributed by atoms with Crippen LogP contribution in [0.3, 0.4) is 0 Å². The second-order valence-corrected chi connectivity index (χ2v) is 3.93. The van der Waals surface area contributed by atoms with Gasteiger partial charge in [-0.05, 0) is 0 Å². The number of ether oxygens (including phenoxy) is 1. The molecule has 7 heteroatoms. The van der Waals surface area contributed by atoms with Crippen molar-refractivity contribution in [1.82, 2.24) is 9.97 Å². The number of nitrogens with one attached hydrogen (secondary N) is 1. The Bertz CT molecular complexity index is 407. The summed E-state index contributed by atoms with van der Waals surface area (Å²) < 4.78 is 5.28. The molecule has 2 rings (SSSR count). The highest BCUT2D eigenvalue weighted by Gasteiger charge is 2.12. The molecule has 0 unspecified atom stereocenters. The molecule has 1 aliphatic rings. The van der Waals surface area contributed by atoms with E-state index in [1.807, 2.05) is 6.07 Å². The topological polar surface area (TPSA) is 87.6 Å². The van der Waals surface area contributed by atoms with Gasteiger partial charge in [-0.25, -0.2) is 9.97 Å². The molecule has 0 saturated carbocycles. The smallest absolute Gasteiger partial charge is 0.305 e. The van der Waals surface area contributed by atoms with Crippen LogP contribution in [0.2, 0.25) is 0 Å². The number of hydrogen-bond donors (Lipinski definition) is 2. The quantitative estimate of drug-likeness (QED) is 0.774. The van der Waals surface area contributed by atoms with E-state index in [0.717, 1.165) is 18.9 Å². The number of carboxylic acids is 1. The van der Waals surface area contributed by atoms with Crippen molar-refractivity contribution in [3.8, 4) is 0 Å². The van der Waals surface area contributed by atoms with Crippen LogP contribution in [0.4, 0.5) is 11.6 Å². The maximum absolute atomic E-state index is 10.4. The molecule has 7 nitrogen and oxygen atoms in total. The summed E-state index contributed by atoms with van der Waals surface area (Å²) >= 11 is 0. The van der Waals surface area contributed by atoms with Crippen molar-refractivity contribution in [3.63, 3.8) is 0 Å². The Balaban J connectivity index is 1.93. The third-order valence-corrected chi connectivity index (χ3v) is 2.63. The summed E-state index contributed by atoms with van der Waals surface area (Å²) in [6, 6.07) is 1.83. The SMILES string of the molecule is O=C(O)CCNc1cc(N2CCOCC2)ncn1. The van der Waals surface area contributed by atoms with Gasteiger partial charge in [0.15, 0.2) is 0 Å². The number of morpholine rings is 1. The van der Waals surface area contributed by atoms with E-state index < -0.39 is 5.97 Å². The van der Waals surface area contributed by atoms with Crippen LogP contribution < -0.4 is 10.2 Å². The lowest BCUT2D eigenvalue weighted by molar-refractivity contribution is -0.136. The second-order valence-electron chi connectivity index (χ2n) is 3.93. The molecule has 0 amide bonds. The Labute approximate surface area is 105 Å². The molecule has 2 heterocycles. The van der Waals surface area contributed by atoms with Gasteiger partial charge in [-0.2, -0.15) is 0 Å². The Morgan fingerprint density at radius 3 is 2.94 bits per heavy atom. The highest BCUT2D eigenvalue weighted by Crippen LogP contribution is 2.15. The summed E-state index contributed by atoms with van der Waals surface area (Å²) in [6.07, 6.45) is 1.55. The van der Waals surface area contributed by atoms with Gasteiger partial charge in [0, 0.05) is 25.7 Å². The Morgan fingerprint density at radius 2 is 2.22 bits per heavy atom. The summed E-state index contributed by atoms with van der Waals surface area (Å²) in [4.78, 5) is 20.8. The first-order valence-corrected chi connectivity index (χ1v) is 5.86. The molecule has 0 bridgehead atoms. The van der Waals surface area contributed by atoms with Gasteiger partial charge in [-0.1, -0.05) is 0 Å². The van der Waals surface area contributed by atoms with Gasteiger partial charge in [-0.15, -0.1) is 0 Å². The molecule has 1 fully saturated rings. The van der Waals surface area contributed by atoms with Gasteiger partial charge in [0.2, 0.25) is 0 Å². The summed E-state index contributed by atoms with van der Waals surface area (Å²) in [5.41, 5.74) is 0. The predicted octanol–water partition coefficient (Wildman–Crippen LogP) is 0.200. The normalized spacial score (nSPS) is 15.4. The van der Waals surface area contributed by atoms with E-state index in [0.29, 0.717) is 25.6 Å². The average molecular weight is 252 g/mol. The standard InChI is InChI=1S/C11H16N4O3/c16-11(17)1-2-12-9-7-10(14-8-13-9)15-3-5-18-6-4-15/h7-8H,1-6H2,(H,16,17)(H,12,13,14). The van der Waals surface area contributed by atoms with E-state index in [1.165, 1.54) is 6.33 Å². The van der Waals surface area contributed by atoms with Crippen molar-refractivity contribution in [2.45, 2.75) is 6.42 Å². The summed E-state index contributed by atoms with van der Waals surface area (Å²) in [7, 11) is 0. The van der Waals surface area contributed by atoms with Gasteiger partial charge in [-0.3, -0.25) is 4.79 Å². The van der Waals surface area contributed by atoms with Crippen LogP contribution in [-0.2, 0) is 9.53 Å². The first-order valence-electron chi connectivity index (χ1n) is 5.86. The van der Waals surface area contributed by atoms with Crippen LogP contribution in [0, 0.1) is 0 Å². The van der Waals surface area contributed by atoms with Gasteiger partial charge in [0.25, 0.3) is 0 Å². The minimum Gasteiger partial charge on any atom is -0.481 e. The van der Waals surface area contributed by atoms with Crippen LogP contribution in [0.15, 0.2) is 12.4 Å². The van der Waals surface area contributed by atoms with E-state index in [4.69, 9.17) is 9.84 Å². The maximum atomic E-state index is 10.4. The van der Waals surface area contributed by atoms with Crippen LogP contribution in [0.25, 0.3) is 0 Å². The molecule has 1 aliphatic heterocycles. The number of anilines is 2. The second kappa shape index (κ2) is 6.15. The van der Waals surface area contributed by atoms with Gasteiger partial charge >= 0.3 is 5.97 Å². The van der Waals surface area contributed by atoms with Gasteiger partial charge in [0.1, 0.15) is 18.0 Å². The van der Waals surface area contributed by atoms with Gasteiger partial charge in [0.05, 0.1) is 19.6 Å². The summed E-state index contributed by atoms with van der Waals surface area (Å²) in [5, 5.41) is 11.5. The third kappa shape index (κ3) is 3.56. The van der Waals surface area contributed by atoms with E-state index in [9.17, 15) is 4.79 Å². The molecule has 1 aromatic heterocycles. The van der Waals surface area contributed by atoms with Crippen molar-refractivity contribution in [2.75, 3.05) is 43.1 Å². The zero-order valence-electron chi connectivity index (χ0n) is 10.0. The fraction of sp³-hybridized carbons (Fsp3) is 0.545. The van der Waals surface area contributed by atoms with Crippen molar-refractivity contribution in [1.29, 1.82) is 0 Å². The summed E-state index contributed by atoms with van der Waals surface area (Å²) in [5.74, 6) is 0.656. The minimum atomic E-state index is -0.829. The molecular formula is C11H16N4O3. The average Bonchev–Trinajstić information content (AvgIpc) is 2.40. The molecule has 1 saturated heterocycles. The number of carboxylic acid groups (broad SMARTS) is 1. The molecule has 98 valence electrons. The number of aromatic nitrogens is 2. The highest BCUT2D eigenvalue weighted by molar-refractivity contribution is 5.67. The third-order valence-electron chi connectivity index (χ3n) is 2.63. The largest absolute Gasteiger partial charge is 0.481 e. The lowest BCUT2D eigenvalue weighted by Crippen LogP contribution is -2.36. The Morgan fingerprint density at radius 1 is 1.44 bits per heavy atom. The van der Waals surface area contributed by atoms with Gasteiger partial charge < -0.3 is 20.1 Å². The molecule has 0 radical (unpaired) electrons. The first-order chi connectivity index (χ1) is 8.75. The highest BCUT2D eigenvalue weighted by atomic mass is 16.5. The first kappa shape index (κ1) is 12.6. The number of aliphatic carboxylic acids is 1. The van der Waals surface area contributed by atoms with E-state index in [2.05, 4.69) is 20.2 Å². The van der Waals surface area contributed by atoms with Crippen molar-refractivity contribution < 1.29 is 14.6 Å². The molecule has 0 atom stereocenters. The fourth-order valence-corrected chi connectivity index (χ4v) is 1.71. The predicted molar refractivity (Wildman–Crippen MR) is 65.8 cm³/mol. The fourth-order valence-electron chi connectivity index (χ4n) is 1.71. The van der Waals surface area contributed by atoms with Crippen LogP contribution >= 0.6 is 0 Å². The minimum absolute atomic E-state index is 0.0664. The molecule has 0 aromatic carbocycles. The summed E-state index contributed by atoms with van der Waals surface area (Å²) in [6.45, 7) is 3.38. The lowest BCUT2D eigenvalue weighted by atomic mass is 10.4. The zero-order chi connectivity index (χ0) is 12.8. The van der Waals surface area contributed by atoms with E-state index in [1.54, 1.807) is 0 Å². The Kier molecular flexibility index (Phi) is 4.30. The number of carbonyl (C=O) groups is 1. The Hall–Kier alpha value is -1.89. The molecule has 18 heavy (non-hydrogen) atoms. The van der Waals surface area contributed by atoms with Crippen LogP contribution in [0.5, 0.6) is 0 Å². The van der Waals surface area contributed by atoms with Crippen molar-refractivity contribution in [2.24, 2.45) is 0 Å². The number of nitrogens with zero attached hydrogens (tertiary/aromatic N) is 3. The van der Waals surface area contributed by atoms with Crippen molar-refractivity contribution >= 4 is 17.6 Å². The molecular weight excluding hydrogens is 236 g/mol. The van der Waals surface area contributed by atoms with E-state index in [-0.39, 0.29) is 6.42 Å². The molecule has 1 aromatic rings. The molecule has 2 N–H and O–H groups in total. The monoisotopic (exact) mass is 252 g/mol. The lowest BCUT2D eigenvalue weighted by Gasteiger charge is -2.27. The van der Waals surface area contributed by atoms with E-state index >= 15 is 0 Å². The number of rotatable bonds is 5. The molecule has 0 spiro atoms. The zero-order valence-corrected chi connectivity index (χ0v) is 10.0. The van der Waals surface area contributed by atoms with Crippen molar-refractivity contribution in [3.05, 3.63) is 12.4 Å². The van der Waals surface area contributed by atoms with Crippen LogP contribution in [0.1, 0.15) is 6.42 Å². The maximum Gasteiger partial charge on any atom is 0.305 e.